The van der Waals surface area contributed by atoms with Gasteiger partial charge in [-0.2, -0.15) is 5.10 Å². The molecule has 1 aliphatic heterocycles. The first-order chi connectivity index (χ1) is 6.29. The van der Waals surface area contributed by atoms with Crippen molar-refractivity contribution < 1.29 is 0 Å². The summed E-state index contributed by atoms with van der Waals surface area (Å²) in [6.45, 7) is 8.32. The Bertz CT molecular complexity index is 261. The first-order valence-electron chi connectivity index (χ1n) is 4.93. The Balaban J connectivity index is 0.000000396. The van der Waals surface area contributed by atoms with Crippen LogP contribution in [0.3, 0.4) is 0 Å². The van der Waals surface area contributed by atoms with Gasteiger partial charge < -0.3 is 5.43 Å². The molecular formula is C11H18N2. The average molecular weight is 178 g/mol. The lowest BCUT2D eigenvalue weighted by atomic mass is 9.87. The van der Waals surface area contributed by atoms with Gasteiger partial charge in [0.15, 0.2) is 0 Å². The lowest BCUT2D eigenvalue weighted by Gasteiger charge is -2.20. The smallest absolute Gasteiger partial charge is 0.0739 e. The standard InChI is InChI=1S/C9H12N2.C2H6/c1-6-3-4-9-8(7(6)2)5-10-11-9;1-2/h3-5,8-9,11H,1-2H3;1-2H3. The molecular weight excluding hydrogens is 160 g/mol. The maximum Gasteiger partial charge on any atom is 0.0739 e. The molecule has 0 aromatic heterocycles. The van der Waals surface area contributed by atoms with Gasteiger partial charge in [-0.05, 0) is 13.8 Å². The predicted molar refractivity (Wildman–Crippen MR) is 57.8 cm³/mol. The van der Waals surface area contributed by atoms with E-state index < -0.39 is 0 Å². The van der Waals surface area contributed by atoms with Gasteiger partial charge in [0.2, 0.25) is 0 Å². The molecule has 2 nitrogen and oxygen atoms in total. The van der Waals surface area contributed by atoms with Gasteiger partial charge in [0, 0.05) is 12.1 Å². The maximum atomic E-state index is 4.05. The summed E-state index contributed by atoms with van der Waals surface area (Å²) in [5.41, 5.74) is 5.87. The van der Waals surface area contributed by atoms with Crippen LogP contribution in [-0.4, -0.2) is 12.3 Å². The second-order valence-corrected chi connectivity index (χ2v) is 3.18. The lowest BCUT2D eigenvalue weighted by Crippen LogP contribution is -2.28. The Kier molecular flexibility index (Phi) is 3.29. The Morgan fingerprint density at radius 2 is 2.00 bits per heavy atom. The molecule has 2 heteroatoms. The highest BCUT2D eigenvalue weighted by Crippen LogP contribution is 2.25. The highest BCUT2D eigenvalue weighted by Gasteiger charge is 2.26. The monoisotopic (exact) mass is 178 g/mol. The Morgan fingerprint density at radius 1 is 1.31 bits per heavy atom. The van der Waals surface area contributed by atoms with Crippen molar-refractivity contribution in [1.29, 1.82) is 0 Å². The molecule has 1 N–H and O–H groups in total. The van der Waals surface area contributed by atoms with Gasteiger partial charge >= 0.3 is 0 Å². The van der Waals surface area contributed by atoms with Gasteiger partial charge in [-0.1, -0.05) is 37.1 Å². The van der Waals surface area contributed by atoms with E-state index >= 15 is 0 Å². The van der Waals surface area contributed by atoms with Gasteiger partial charge in [-0.25, -0.2) is 0 Å². The van der Waals surface area contributed by atoms with E-state index in [2.05, 4.69) is 36.5 Å². The zero-order valence-corrected chi connectivity index (χ0v) is 8.83. The maximum absolute atomic E-state index is 4.05. The Labute approximate surface area is 80.4 Å². The Hall–Kier alpha value is -1.05. The molecule has 0 aromatic rings. The molecule has 1 heterocycles. The zero-order chi connectivity index (χ0) is 9.84. The number of allylic oxidation sites excluding steroid dienone is 2. The van der Waals surface area contributed by atoms with E-state index in [-0.39, 0.29) is 0 Å². The van der Waals surface area contributed by atoms with E-state index in [9.17, 15) is 0 Å². The SMILES string of the molecule is CC.CC1=C(C)C2C=NNC2C=C1. The minimum Gasteiger partial charge on any atom is -0.302 e. The van der Waals surface area contributed by atoms with Crippen LogP contribution in [0.25, 0.3) is 0 Å². The number of nitrogens with zero attached hydrogens (tertiary/aromatic N) is 1. The second-order valence-electron chi connectivity index (χ2n) is 3.18. The molecule has 0 aromatic carbocycles. The van der Waals surface area contributed by atoms with E-state index in [4.69, 9.17) is 0 Å². The summed E-state index contributed by atoms with van der Waals surface area (Å²) in [6, 6.07) is 0.415. The molecule has 0 fully saturated rings. The van der Waals surface area contributed by atoms with Gasteiger partial charge in [0.05, 0.1) is 6.04 Å². The van der Waals surface area contributed by atoms with Gasteiger partial charge in [0.25, 0.3) is 0 Å². The van der Waals surface area contributed by atoms with Crippen molar-refractivity contribution in [3.63, 3.8) is 0 Å². The molecule has 2 aliphatic rings. The van der Waals surface area contributed by atoms with Crippen molar-refractivity contribution >= 4 is 6.21 Å². The molecule has 13 heavy (non-hydrogen) atoms. The highest BCUT2D eigenvalue weighted by atomic mass is 15.3. The summed E-state index contributed by atoms with van der Waals surface area (Å²) in [5, 5.41) is 4.05. The van der Waals surface area contributed by atoms with Crippen LogP contribution in [0.2, 0.25) is 0 Å². The zero-order valence-electron chi connectivity index (χ0n) is 8.83. The molecule has 2 atom stereocenters. The third-order valence-electron chi connectivity index (χ3n) is 2.52. The van der Waals surface area contributed by atoms with Crippen molar-refractivity contribution in [2.24, 2.45) is 11.0 Å². The second kappa shape index (κ2) is 4.26. The summed E-state index contributed by atoms with van der Waals surface area (Å²) in [5.74, 6) is 0.500. The van der Waals surface area contributed by atoms with Crippen LogP contribution in [0.5, 0.6) is 0 Å². The third kappa shape index (κ3) is 1.82. The summed E-state index contributed by atoms with van der Waals surface area (Å²) in [7, 11) is 0. The summed E-state index contributed by atoms with van der Waals surface area (Å²) >= 11 is 0. The number of nitrogens with one attached hydrogen (secondary N) is 1. The fraction of sp³-hybridized carbons (Fsp3) is 0.545. The molecule has 2 rings (SSSR count). The van der Waals surface area contributed by atoms with Gasteiger partial charge in [-0.3, -0.25) is 0 Å². The molecule has 0 saturated carbocycles. The van der Waals surface area contributed by atoms with Crippen molar-refractivity contribution in [3.8, 4) is 0 Å². The number of rotatable bonds is 0. The minimum absolute atomic E-state index is 0.415. The Morgan fingerprint density at radius 3 is 2.69 bits per heavy atom. The molecule has 0 radical (unpaired) electrons. The van der Waals surface area contributed by atoms with Crippen molar-refractivity contribution in [2.45, 2.75) is 33.7 Å². The fourth-order valence-electron chi connectivity index (χ4n) is 1.57. The van der Waals surface area contributed by atoms with Crippen LogP contribution in [0, 0.1) is 5.92 Å². The van der Waals surface area contributed by atoms with Crippen molar-refractivity contribution in [1.82, 2.24) is 5.43 Å². The number of fused-ring (bicyclic) bond motifs is 1. The highest BCUT2D eigenvalue weighted by molar-refractivity contribution is 5.70. The summed E-state index contributed by atoms with van der Waals surface area (Å²) < 4.78 is 0. The summed E-state index contributed by atoms with van der Waals surface area (Å²) in [4.78, 5) is 0. The van der Waals surface area contributed by atoms with E-state index in [0.29, 0.717) is 12.0 Å². The number of hydrazone groups is 1. The van der Waals surface area contributed by atoms with E-state index in [0.717, 1.165) is 0 Å². The van der Waals surface area contributed by atoms with Crippen LogP contribution in [-0.2, 0) is 0 Å². The van der Waals surface area contributed by atoms with Crippen LogP contribution < -0.4 is 5.43 Å². The molecule has 2 unspecified atom stereocenters. The third-order valence-corrected chi connectivity index (χ3v) is 2.52. The first-order valence-corrected chi connectivity index (χ1v) is 4.93. The van der Waals surface area contributed by atoms with Gasteiger partial charge in [0.1, 0.15) is 0 Å². The van der Waals surface area contributed by atoms with Gasteiger partial charge in [-0.15, -0.1) is 0 Å². The van der Waals surface area contributed by atoms with E-state index in [1.54, 1.807) is 0 Å². The average Bonchev–Trinajstić information content (AvgIpc) is 2.63. The molecule has 0 amide bonds. The number of hydrogen-bond acceptors (Lipinski definition) is 2. The van der Waals surface area contributed by atoms with E-state index in [1.165, 1.54) is 11.1 Å². The molecule has 1 aliphatic carbocycles. The molecule has 72 valence electrons. The minimum atomic E-state index is 0.415. The first kappa shape index (κ1) is 10.0. The van der Waals surface area contributed by atoms with Crippen molar-refractivity contribution in [2.75, 3.05) is 0 Å². The normalized spacial score (nSPS) is 29.2. The number of hydrogen-bond donors (Lipinski definition) is 1. The van der Waals surface area contributed by atoms with Crippen LogP contribution in [0.4, 0.5) is 0 Å². The van der Waals surface area contributed by atoms with Crippen LogP contribution in [0.15, 0.2) is 28.4 Å². The molecule has 0 saturated heterocycles. The van der Waals surface area contributed by atoms with Crippen LogP contribution >= 0.6 is 0 Å². The topological polar surface area (TPSA) is 24.4 Å². The molecule has 0 bridgehead atoms. The summed E-state index contributed by atoms with van der Waals surface area (Å²) in [6.07, 6.45) is 6.34. The lowest BCUT2D eigenvalue weighted by molar-refractivity contribution is 0.599. The van der Waals surface area contributed by atoms with Crippen molar-refractivity contribution in [3.05, 3.63) is 23.3 Å². The van der Waals surface area contributed by atoms with Crippen LogP contribution in [0.1, 0.15) is 27.7 Å². The largest absolute Gasteiger partial charge is 0.302 e. The molecule has 0 spiro atoms. The van der Waals surface area contributed by atoms with E-state index in [1.807, 2.05) is 20.1 Å². The quantitative estimate of drug-likeness (QED) is 0.605. The fourth-order valence-corrected chi connectivity index (χ4v) is 1.57. The predicted octanol–water partition coefficient (Wildman–Crippen LogP) is 2.49.